The lowest BCUT2D eigenvalue weighted by molar-refractivity contribution is 0.0951. The van der Waals surface area contributed by atoms with E-state index in [4.69, 9.17) is 4.74 Å². The summed E-state index contributed by atoms with van der Waals surface area (Å²) >= 11 is 0. The minimum atomic E-state index is -0.0493. The molecule has 6 nitrogen and oxygen atoms in total. The molecular weight excluding hydrogens is 364 g/mol. The van der Waals surface area contributed by atoms with Crippen LogP contribution in [-0.4, -0.2) is 55.2 Å². The fraction of sp³-hybridized carbons (Fsp3) is 0.478. The van der Waals surface area contributed by atoms with Gasteiger partial charge in [0.2, 0.25) is 0 Å². The van der Waals surface area contributed by atoms with Gasteiger partial charge in [0.05, 0.1) is 13.2 Å². The molecule has 0 aliphatic carbocycles. The highest BCUT2D eigenvalue weighted by Crippen LogP contribution is 2.15. The number of piperidine rings is 1. The van der Waals surface area contributed by atoms with E-state index in [9.17, 15) is 4.79 Å². The molecule has 1 aromatic carbocycles. The highest BCUT2D eigenvalue weighted by atomic mass is 16.5. The number of hydrogen-bond acceptors (Lipinski definition) is 5. The van der Waals surface area contributed by atoms with Crippen molar-refractivity contribution in [3.05, 3.63) is 59.3 Å². The van der Waals surface area contributed by atoms with Crippen LogP contribution in [-0.2, 0) is 17.8 Å². The van der Waals surface area contributed by atoms with Crippen LogP contribution < -0.4 is 10.2 Å². The number of nitrogens with zero attached hydrogens (tertiary/aromatic N) is 3. The van der Waals surface area contributed by atoms with Crippen LogP contribution >= 0.6 is 0 Å². The van der Waals surface area contributed by atoms with Crippen molar-refractivity contribution < 1.29 is 9.53 Å². The zero-order valence-corrected chi connectivity index (χ0v) is 17.0. The quantitative estimate of drug-likeness (QED) is 0.817. The molecule has 0 bridgehead atoms. The topological polar surface area (TPSA) is 57.7 Å². The number of nitrogens with one attached hydrogen (secondary N) is 1. The lowest BCUT2D eigenvalue weighted by Crippen LogP contribution is -2.36. The molecule has 3 heterocycles. The van der Waals surface area contributed by atoms with Crippen LogP contribution in [0, 0.1) is 0 Å². The normalized spacial score (nSPS) is 17.9. The molecule has 0 spiro atoms. The highest BCUT2D eigenvalue weighted by molar-refractivity contribution is 5.94. The molecule has 1 aromatic heterocycles. The van der Waals surface area contributed by atoms with E-state index < -0.39 is 0 Å². The van der Waals surface area contributed by atoms with Gasteiger partial charge in [0.15, 0.2) is 0 Å². The summed E-state index contributed by atoms with van der Waals surface area (Å²) in [5.41, 5.74) is 2.97. The number of aromatic nitrogens is 1. The molecule has 2 fully saturated rings. The molecule has 1 amide bonds. The largest absolute Gasteiger partial charge is 0.378 e. The summed E-state index contributed by atoms with van der Waals surface area (Å²) in [6, 6.07) is 12.0. The van der Waals surface area contributed by atoms with E-state index in [0.29, 0.717) is 12.1 Å². The summed E-state index contributed by atoms with van der Waals surface area (Å²) in [7, 11) is 0. The van der Waals surface area contributed by atoms with E-state index in [1.54, 1.807) is 0 Å². The molecule has 2 aliphatic heterocycles. The van der Waals surface area contributed by atoms with Crippen LogP contribution in [0.25, 0.3) is 0 Å². The van der Waals surface area contributed by atoms with Crippen molar-refractivity contribution in [1.82, 2.24) is 15.2 Å². The molecule has 0 atom stereocenters. The Bertz CT molecular complexity index is 780. The summed E-state index contributed by atoms with van der Waals surface area (Å²) in [6.45, 7) is 7.05. The fourth-order valence-electron chi connectivity index (χ4n) is 3.92. The van der Waals surface area contributed by atoms with E-state index in [-0.39, 0.29) is 5.91 Å². The molecule has 4 rings (SSSR count). The number of amides is 1. The van der Waals surface area contributed by atoms with Gasteiger partial charge in [-0.2, -0.15) is 0 Å². The average molecular weight is 395 g/mol. The number of hydrogen-bond donors (Lipinski definition) is 1. The number of likely N-dealkylation sites (tertiary alicyclic amines) is 1. The van der Waals surface area contributed by atoms with Crippen LogP contribution in [0.15, 0.2) is 42.6 Å². The van der Waals surface area contributed by atoms with Crippen LogP contribution in [0.1, 0.15) is 40.7 Å². The Hall–Kier alpha value is -2.44. The second-order valence-corrected chi connectivity index (χ2v) is 7.84. The lowest BCUT2D eigenvalue weighted by Gasteiger charge is -2.27. The first kappa shape index (κ1) is 19.9. The predicted molar refractivity (Wildman–Crippen MR) is 114 cm³/mol. The lowest BCUT2D eigenvalue weighted by atomic mass is 10.1. The van der Waals surface area contributed by atoms with Crippen molar-refractivity contribution in [2.45, 2.75) is 32.4 Å². The third kappa shape index (κ3) is 5.55. The molecule has 0 radical (unpaired) electrons. The van der Waals surface area contributed by atoms with Gasteiger partial charge in [-0.3, -0.25) is 9.69 Å². The fourth-order valence-corrected chi connectivity index (χ4v) is 3.92. The molecule has 0 unspecified atom stereocenters. The van der Waals surface area contributed by atoms with Crippen molar-refractivity contribution in [3.8, 4) is 0 Å². The van der Waals surface area contributed by atoms with E-state index in [0.717, 1.165) is 44.2 Å². The Balaban J connectivity index is 1.26. The molecule has 29 heavy (non-hydrogen) atoms. The molecule has 2 aromatic rings. The van der Waals surface area contributed by atoms with E-state index in [2.05, 4.69) is 32.2 Å². The average Bonchev–Trinajstić information content (AvgIpc) is 2.80. The van der Waals surface area contributed by atoms with E-state index in [1.165, 1.54) is 37.9 Å². The van der Waals surface area contributed by atoms with Crippen LogP contribution in [0.2, 0.25) is 0 Å². The van der Waals surface area contributed by atoms with Gasteiger partial charge in [0.1, 0.15) is 5.82 Å². The standard InChI is InChI=1S/C23H30N4O2/c28-23(21-7-4-19(5-8-21)18-26-10-2-1-3-11-26)25-17-20-6-9-22(24-16-20)27-12-14-29-15-13-27/h4-9,16H,1-3,10-15,17-18H2,(H,25,28). The number of carbonyl (C=O) groups excluding carboxylic acids is 1. The number of anilines is 1. The summed E-state index contributed by atoms with van der Waals surface area (Å²) < 4.78 is 5.38. The Kier molecular flexibility index (Phi) is 6.75. The van der Waals surface area contributed by atoms with Gasteiger partial charge in [-0.25, -0.2) is 4.98 Å². The molecular formula is C23H30N4O2. The minimum absolute atomic E-state index is 0.0493. The third-order valence-corrected chi connectivity index (χ3v) is 5.67. The molecule has 154 valence electrons. The Labute approximate surface area is 172 Å². The number of morpholine rings is 1. The minimum Gasteiger partial charge on any atom is -0.378 e. The molecule has 1 N–H and O–H groups in total. The van der Waals surface area contributed by atoms with Crippen molar-refractivity contribution in [2.24, 2.45) is 0 Å². The SMILES string of the molecule is O=C(NCc1ccc(N2CCOCC2)nc1)c1ccc(CN2CCCCC2)cc1. The summed E-state index contributed by atoms with van der Waals surface area (Å²) in [4.78, 5) is 21.7. The second-order valence-electron chi connectivity index (χ2n) is 7.84. The van der Waals surface area contributed by atoms with Crippen molar-refractivity contribution in [1.29, 1.82) is 0 Å². The summed E-state index contributed by atoms with van der Waals surface area (Å²) in [5.74, 6) is 0.916. The monoisotopic (exact) mass is 394 g/mol. The first-order chi connectivity index (χ1) is 14.3. The Morgan fingerprint density at radius 3 is 2.34 bits per heavy atom. The highest BCUT2D eigenvalue weighted by Gasteiger charge is 2.13. The van der Waals surface area contributed by atoms with Crippen LogP contribution in [0.4, 0.5) is 5.82 Å². The van der Waals surface area contributed by atoms with Crippen LogP contribution in [0.5, 0.6) is 0 Å². The Morgan fingerprint density at radius 1 is 0.931 bits per heavy atom. The first-order valence-corrected chi connectivity index (χ1v) is 10.6. The van der Waals surface area contributed by atoms with Crippen LogP contribution in [0.3, 0.4) is 0 Å². The van der Waals surface area contributed by atoms with E-state index in [1.807, 2.05) is 30.5 Å². The predicted octanol–water partition coefficient (Wildman–Crippen LogP) is 2.83. The molecule has 2 saturated heterocycles. The Morgan fingerprint density at radius 2 is 1.66 bits per heavy atom. The maximum absolute atomic E-state index is 12.5. The number of benzene rings is 1. The molecule has 0 saturated carbocycles. The number of carbonyl (C=O) groups is 1. The first-order valence-electron chi connectivity index (χ1n) is 10.6. The van der Waals surface area contributed by atoms with Crippen molar-refractivity contribution >= 4 is 11.7 Å². The summed E-state index contributed by atoms with van der Waals surface area (Å²) in [5, 5.41) is 2.99. The van der Waals surface area contributed by atoms with Crippen molar-refractivity contribution in [3.63, 3.8) is 0 Å². The number of ether oxygens (including phenoxy) is 1. The molecule has 6 heteroatoms. The third-order valence-electron chi connectivity index (χ3n) is 5.67. The smallest absolute Gasteiger partial charge is 0.251 e. The number of pyridine rings is 1. The van der Waals surface area contributed by atoms with Gasteiger partial charge >= 0.3 is 0 Å². The zero-order chi connectivity index (χ0) is 19.9. The van der Waals surface area contributed by atoms with Gasteiger partial charge in [0.25, 0.3) is 5.91 Å². The van der Waals surface area contributed by atoms with Gasteiger partial charge < -0.3 is 15.0 Å². The summed E-state index contributed by atoms with van der Waals surface area (Å²) in [6.07, 6.45) is 5.78. The van der Waals surface area contributed by atoms with Gasteiger partial charge in [-0.1, -0.05) is 24.6 Å². The van der Waals surface area contributed by atoms with Crippen molar-refractivity contribution in [2.75, 3.05) is 44.3 Å². The maximum Gasteiger partial charge on any atom is 0.251 e. The second kappa shape index (κ2) is 9.85. The number of rotatable bonds is 6. The van der Waals surface area contributed by atoms with Gasteiger partial charge in [-0.05, 0) is 55.3 Å². The van der Waals surface area contributed by atoms with Gasteiger partial charge in [-0.15, -0.1) is 0 Å². The molecule has 2 aliphatic rings. The zero-order valence-electron chi connectivity index (χ0n) is 17.0. The van der Waals surface area contributed by atoms with Gasteiger partial charge in [0, 0.05) is 37.9 Å². The maximum atomic E-state index is 12.5. The van der Waals surface area contributed by atoms with E-state index >= 15 is 0 Å².